The van der Waals surface area contributed by atoms with Gasteiger partial charge in [-0.25, -0.2) is 15.0 Å². The third-order valence-corrected chi connectivity index (χ3v) is 9.15. The van der Waals surface area contributed by atoms with Gasteiger partial charge in [-0.15, -0.1) is 0 Å². The Bertz CT molecular complexity index is 2730. The predicted molar refractivity (Wildman–Crippen MR) is 204 cm³/mol. The zero-order valence-electron chi connectivity index (χ0n) is 27.4. The first-order valence-corrected chi connectivity index (χ1v) is 16.7. The molecule has 0 unspecified atom stereocenters. The van der Waals surface area contributed by atoms with Crippen molar-refractivity contribution in [3.63, 3.8) is 0 Å². The van der Waals surface area contributed by atoms with Crippen LogP contribution >= 0.6 is 0 Å². The summed E-state index contributed by atoms with van der Waals surface area (Å²) in [5.41, 5.74) is 11.1. The summed E-state index contributed by atoms with van der Waals surface area (Å²) in [6.45, 7) is 0. The molecule has 0 aliphatic rings. The number of benzene rings is 7. The van der Waals surface area contributed by atoms with Crippen molar-refractivity contribution in [1.82, 2.24) is 15.0 Å². The quantitative estimate of drug-likeness (QED) is 0.179. The Kier molecular flexibility index (Phi) is 7.46. The van der Waals surface area contributed by atoms with Gasteiger partial charge in [-0.3, -0.25) is 0 Å². The highest BCUT2D eigenvalue weighted by Gasteiger charge is 2.17. The van der Waals surface area contributed by atoms with E-state index in [1.165, 1.54) is 0 Å². The van der Waals surface area contributed by atoms with Gasteiger partial charge in [0.15, 0.2) is 17.5 Å². The van der Waals surface area contributed by atoms with Crippen LogP contribution in [0, 0.1) is 11.3 Å². The van der Waals surface area contributed by atoms with E-state index in [-0.39, 0.29) is 0 Å². The average molecular weight is 653 g/mol. The molecule has 0 saturated carbocycles. The topological polar surface area (TPSA) is 75.6 Å². The summed E-state index contributed by atoms with van der Waals surface area (Å²) in [5, 5.41) is 11.9. The Balaban J connectivity index is 1.13. The Hall–Kier alpha value is -7.16. The van der Waals surface area contributed by atoms with Crippen LogP contribution in [0.5, 0.6) is 0 Å². The molecule has 9 aromatic rings. The summed E-state index contributed by atoms with van der Waals surface area (Å²) >= 11 is 0. The molecular formula is C46H28N4O. The molecule has 0 radical (unpaired) electrons. The van der Waals surface area contributed by atoms with Crippen LogP contribution in [0.15, 0.2) is 174 Å². The number of furan rings is 1. The van der Waals surface area contributed by atoms with Crippen LogP contribution in [0.4, 0.5) is 0 Å². The van der Waals surface area contributed by atoms with E-state index in [0.29, 0.717) is 23.0 Å². The SMILES string of the molecule is N#Cc1cc(-c2ccccc2)cc(-c2ccc(-c3nc(-c4ccccc4)nc(-c4ccc5c(c4)oc4cccc(-c6ccccc6)c45)n3)cc2)c1. The minimum atomic E-state index is 0.558. The number of aromatic nitrogens is 3. The zero-order chi connectivity index (χ0) is 34.1. The molecule has 2 heterocycles. The van der Waals surface area contributed by atoms with Crippen molar-refractivity contribution >= 4 is 21.9 Å². The van der Waals surface area contributed by atoms with E-state index in [4.69, 9.17) is 19.4 Å². The van der Waals surface area contributed by atoms with Crippen LogP contribution in [-0.4, -0.2) is 15.0 Å². The first kappa shape index (κ1) is 29.9. The molecule has 0 saturated heterocycles. The minimum Gasteiger partial charge on any atom is -0.456 e. The molecule has 5 heteroatoms. The van der Waals surface area contributed by atoms with E-state index in [2.05, 4.69) is 78.9 Å². The summed E-state index contributed by atoms with van der Waals surface area (Å²) in [6, 6.07) is 59.3. The van der Waals surface area contributed by atoms with Crippen LogP contribution < -0.4 is 0 Å². The van der Waals surface area contributed by atoms with Gasteiger partial charge in [-0.2, -0.15) is 5.26 Å². The maximum atomic E-state index is 9.79. The van der Waals surface area contributed by atoms with Gasteiger partial charge >= 0.3 is 0 Å². The molecule has 0 bridgehead atoms. The summed E-state index contributed by atoms with van der Waals surface area (Å²) in [7, 11) is 0. The Morgan fingerprint density at radius 1 is 0.392 bits per heavy atom. The van der Waals surface area contributed by atoms with E-state index in [1.54, 1.807) is 0 Å². The van der Waals surface area contributed by atoms with E-state index in [1.807, 2.05) is 97.1 Å². The molecule has 9 rings (SSSR count). The smallest absolute Gasteiger partial charge is 0.164 e. The number of hydrogen-bond donors (Lipinski definition) is 0. The lowest BCUT2D eigenvalue weighted by Gasteiger charge is -2.10. The van der Waals surface area contributed by atoms with Gasteiger partial charge in [0.05, 0.1) is 11.6 Å². The van der Waals surface area contributed by atoms with Gasteiger partial charge in [0.2, 0.25) is 0 Å². The Morgan fingerprint density at radius 3 is 1.53 bits per heavy atom. The van der Waals surface area contributed by atoms with Crippen LogP contribution in [0.25, 0.3) is 89.5 Å². The van der Waals surface area contributed by atoms with Crippen molar-refractivity contribution in [2.45, 2.75) is 0 Å². The van der Waals surface area contributed by atoms with Gasteiger partial charge in [0.25, 0.3) is 0 Å². The lowest BCUT2D eigenvalue weighted by Crippen LogP contribution is -2.00. The van der Waals surface area contributed by atoms with Crippen LogP contribution in [-0.2, 0) is 0 Å². The maximum Gasteiger partial charge on any atom is 0.164 e. The second-order valence-corrected chi connectivity index (χ2v) is 12.4. The normalized spacial score (nSPS) is 11.1. The van der Waals surface area contributed by atoms with Crippen molar-refractivity contribution < 1.29 is 4.42 Å². The standard InChI is InChI=1S/C46H28N4O/c47-29-30-25-37(31-11-4-1-5-12-31)27-38(26-30)32-19-21-35(22-20-32)45-48-44(34-15-8-3-9-16-34)49-46(50-45)36-23-24-40-42(28-36)51-41-18-10-17-39(43(40)41)33-13-6-2-7-14-33/h1-28H. The van der Waals surface area contributed by atoms with Crippen molar-refractivity contribution in [3.05, 3.63) is 175 Å². The molecule has 51 heavy (non-hydrogen) atoms. The monoisotopic (exact) mass is 652 g/mol. The maximum absolute atomic E-state index is 9.79. The fourth-order valence-electron chi connectivity index (χ4n) is 6.64. The highest BCUT2D eigenvalue weighted by molar-refractivity contribution is 6.13. The van der Waals surface area contributed by atoms with Crippen LogP contribution in [0.2, 0.25) is 0 Å². The van der Waals surface area contributed by atoms with E-state index in [9.17, 15) is 5.26 Å². The molecule has 0 N–H and O–H groups in total. The third-order valence-electron chi connectivity index (χ3n) is 9.15. The predicted octanol–water partition coefficient (Wildman–Crippen LogP) is 11.6. The summed E-state index contributed by atoms with van der Waals surface area (Å²) in [5.74, 6) is 1.71. The molecule has 0 amide bonds. The van der Waals surface area contributed by atoms with Crippen molar-refractivity contribution in [2.24, 2.45) is 0 Å². The molecule has 0 aliphatic carbocycles. The lowest BCUT2D eigenvalue weighted by atomic mass is 9.96. The molecule has 0 fully saturated rings. The van der Waals surface area contributed by atoms with Gasteiger partial charge in [-0.05, 0) is 69.8 Å². The number of nitriles is 1. The van der Waals surface area contributed by atoms with Gasteiger partial charge in [-0.1, -0.05) is 133 Å². The number of nitrogens with zero attached hydrogens (tertiary/aromatic N) is 4. The molecule has 238 valence electrons. The molecule has 5 nitrogen and oxygen atoms in total. The molecule has 0 atom stereocenters. The molecule has 0 spiro atoms. The fourth-order valence-corrected chi connectivity index (χ4v) is 6.64. The lowest BCUT2D eigenvalue weighted by molar-refractivity contribution is 0.669. The minimum absolute atomic E-state index is 0.558. The largest absolute Gasteiger partial charge is 0.456 e. The van der Waals surface area contributed by atoms with E-state index < -0.39 is 0 Å². The zero-order valence-corrected chi connectivity index (χ0v) is 27.4. The highest BCUT2D eigenvalue weighted by Crippen LogP contribution is 2.38. The highest BCUT2D eigenvalue weighted by atomic mass is 16.3. The molecule has 7 aromatic carbocycles. The van der Waals surface area contributed by atoms with Gasteiger partial charge in [0, 0.05) is 27.5 Å². The number of fused-ring (bicyclic) bond motifs is 3. The van der Waals surface area contributed by atoms with Crippen molar-refractivity contribution in [3.8, 4) is 73.6 Å². The fraction of sp³-hybridized carbons (Fsp3) is 0. The van der Waals surface area contributed by atoms with Crippen LogP contribution in [0.3, 0.4) is 0 Å². The number of hydrogen-bond acceptors (Lipinski definition) is 5. The second-order valence-electron chi connectivity index (χ2n) is 12.4. The average Bonchev–Trinajstić information content (AvgIpc) is 3.60. The van der Waals surface area contributed by atoms with Gasteiger partial charge < -0.3 is 4.42 Å². The summed E-state index contributed by atoms with van der Waals surface area (Å²) < 4.78 is 6.42. The summed E-state index contributed by atoms with van der Waals surface area (Å²) in [4.78, 5) is 14.9. The molecule has 2 aromatic heterocycles. The molecule has 0 aliphatic heterocycles. The van der Waals surface area contributed by atoms with Crippen molar-refractivity contribution in [1.29, 1.82) is 5.26 Å². The second kappa shape index (κ2) is 12.7. The van der Waals surface area contributed by atoms with E-state index >= 15 is 0 Å². The van der Waals surface area contributed by atoms with E-state index in [0.717, 1.165) is 72.0 Å². The van der Waals surface area contributed by atoms with Gasteiger partial charge in [0.1, 0.15) is 11.2 Å². The van der Waals surface area contributed by atoms with Crippen molar-refractivity contribution in [2.75, 3.05) is 0 Å². The Labute approximate surface area is 294 Å². The third kappa shape index (κ3) is 5.71. The summed E-state index contributed by atoms with van der Waals surface area (Å²) in [6.07, 6.45) is 0. The Morgan fingerprint density at radius 2 is 0.902 bits per heavy atom. The van der Waals surface area contributed by atoms with Crippen LogP contribution in [0.1, 0.15) is 5.56 Å². The molecular weight excluding hydrogens is 625 g/mol. The number of rotatable bonds is 6. The first-order chi connectivity index (χ1) is 25.2. The first-order valence-electron chi connectivity index (χ1n) is 16.7.